The second-order valence-corrected chi connectivity index (χ2v) is 10.1. The van der Waals surface area contributed by atoms with Gasteiger partial charge in [-0.3, -0.25) is 4.79 Å². The zero-order valence-corrected chi connectivity index (χ0v) is 19.6. The van der Waals surface area contributed by atoms with Gasteiger partial charge in [-0.15, -0.1) is 0 Å². The third kappa shape index (κ3) is 4.27. The van der Waals surface area contributed by atoms with Gasteiger partial charge in [-0.05, 0) is 74.8 Å². The highest BCUT2D eigenvalue weighted by atomic mass is 32.2. The Bertz CT molecular complexity index is 1330. The number of hydrogen-bond donors (Lipinski definition) is 1. The van der Waals surface area contributed by atoms with E-state index >= 15 is 0 Å². The lowest BCUT2D eigenvalue weighted by Gasteiger charge is -2.20. The Hall–Kier alpha value is -2.77. The first-order valence-corrected chi connectivity index (χ1v) is 12.6. The molecule has 0 aliphatic heterocycles. The second kappa shape index (κ2) is 9.00. The first-order valence-electron chi connectivity index (χ1n) is 11.1. The summed E-state index contributed by atoms with van der Waals surface area (Å²) in [6.07, 6.45) is 3.54. The summed E-state index contributed by atoms with van der Waals surface area (Å²) in [5.74, 6) is 0. The van der Waals surface area contributed by atoms with Gasteiger partial charge in [-0.2, -0.15) is 5.10 Å². The number of nitrogens with zero attached hydrogens (tertiary/aromatic N) is 2. The number of aromatic nitrogens is 2. The van der Waals surface area contributed by atoms with Gasteiger partial charge in [0, 0.05) is 24.2 Å². The van der Waals surface area contributed by atoms with Gasteiger partial charge >= 0.3 is 0 Å². The lowest BCUT2D eigenvalue weighted by molar-refractivity contribution is 0.579. The monoisotopic (exact) mass is 451 g/mol. The molecule has 7 heteroatoms. The third-order valence-corrected chi connectivity index (χ3v) is 7.77. The highest BCUT2D eigenvalue weighted by Crippen LogP contribution is 2.30. The lowest BCUT2D eigenvalue weighted by Crippen LogP contribution is -2.30. The maximum Gasteiger partial charge on any atom is 0.270 e. The molecule has 0 unspecified atom stereocenters. The minimum Gasteiger partial charge on any atom is -0.267 e. The van der Waals surface area contributed by atoms with Crippen molar-refractivity contribution in [2.45, 2.75) is 64.4 Å². The van der Waals surface area contributed by atoms with Crippen LogP contribution in [0.3, 0.4) is 0 Å². The lowest BCUT2D eigenvalue weighted by atomic mass is 9.89. The molecule has 4 rings (SSSR count). The number of rotatable bonds is 6. The van der Waals surface area contributed by atoms with Crippen molar-refractivity contribution >= 4 is 10.0 Å². The van der Waals surface area contributed by atoms with Crippen LogP contribution in [0.25, 0.3) is 11.3 Å². The number of aryl methyl sites for hydroxylation is 3. The minimum absolute atomic E-state index is 0.0224. The number of hydrogen-bond acceptors (Lipinski definition) is 4. The fourth-order valence-electron chi connectivity index (χ4n) is 4.33. The molecule has 0 amide bonds. The van der Waals surface area contributed by atoms with Crippen molar-refractivity contribution < 1.29 is 8.42 Å². The van der Waals surface area contributed by atoms with Gasteiger partial charge in [0.1, 0.15) is 0 Å². The van der Waals surface area contributed by atoms with Crippen LogP contribution in [0, 0.1) is 13.8 Å². The fraction of sp³-hybridized carbons (Fsp3) is 0.360. The Kier molecular flexibility index (Phi) is 6.31. The van der Waals surface area contributed by atoms with Crippen molar-refractivity contribution in [1.29, 1.82) is 0 Å². The largest absolute Gasteiger partial charge is 0.270 e. The Labute approximate surface area is 189 Å². The molecule has 6 nitrogen and oxygen atoms in total. The fourth-order valence-corrected chi connectivity index (χ4v) is 5.60. The van der Waals surface area contributed by atoms with Gasteiger partial charge in [0.15, 0.2) is 0 Å². The molecule has 3 aromatic rings. The summed E-state index contributed by atoms with van der Waals surface area (Å²) in [6.45, 7) is 6.37. The smallest absolute Gasteiger partial charge is 0.267 e. The van der Waals surface area contributed by atoms with E-state index in [1.54, 1.807) is 13.0 Å². The van der Waals surface area contributed by atoms with Crippen molar-refractivity contribution in [3.63, 3.8) is 0 Å². The SMILES string of the molecule is CCn1nc(-c2ccc(C)c(S(=O)(=O)NCc3ccccc3C)c2)c2c(c1=O)CCCC2. The molecular weight excluding hydrogens is 422 g/mol. The minimum atomic E-state index is -3.73. The zero-order chi connectivity index (χ0) is 22.9. The van der Waals surface area contributed by atoms with Gasteiger partial charge in [-0.25, -0.2) is 17.8 Å². The Balaban J connectivity index is 1.75. The summed E-state index contributed by atoms with van der Waals surface area (Å²) in [4.78, 5) is 13.0. The molecular formula is C25H29N3O3S. The predicted molar refractivity (Wildman–Crippen MR) is 126 cm³/mol. The maximum atomic E-state index is 13.2. The van der Waals surface area contributed by atoms with Gasteiger partial charge in [0.2, 0.25) is 10.0 Å². The number of benzene rings is 2. The second-order valence-electron chi connectivity index (χ2n) is 8.37. The molecule has 1 aromatic heterocycles. The molecule has 1 aliphatic carbocycles. The Morgan fingerprint density at radius 1 is 1.00 bits per heavy atom. The molecule has 0 saturated heterocycles. The van der Waals surface area contributed by atoms with Crippen LogP contribution in [0.1, 0.15) is 47.6 Å². The predicted octanol–water partition coefficient (Wildman–Crippen LogP) is 3.90. The van der Waals surface area contributed by atoms with Gasteiger partial charge in [-0.1, -0.05) is 36.4 Å². The average molecular weight is 452 g/mol. The zero-order valence-electron chi connectivity index (χ0n) is 18.8. The Morgan fingerprint density at radius 2 is 1.72 bits per heavy atom. The van der Waals surface area contributed by atoms with E-state index in [1.807, 2.05) is 50.2 Å². The van der Waals surface area contributed by atoms with Crippen LogP contribution in [0.5, 0.6) is 0 Å². The maximum absolute atomic E-state index is 13.2. The van der Waals surface area contributed by atoms with Crippen molar-refractivity contribution in [3.8, 4) is 11.3 Å². The summed E-state index contributed by atoms with van der Waals surface area (Å²) in [5, 5.41) is 4.62. The van der Waals surface area contributed by atoms with E-state index in [2.05, 4.69) is 9.82 Å². The van der Waals surface area contributed by atoms with Crippen molar-refractivity contribution in [2.75, 3.05) is 0 Å². The normalized spacial score (nSPS) is 13.7. The highest BCUT2D eigenvalue weighted by molar-refractivity contribution is 7.89. The van der Waals surface area contributed by atoms with E-state index in [0.717, 1.165) is 59.2 Å². The molecule has 1 aliphatic rings. The van der Waals surface area contributed by atoms with E-state index in [0.29, 0.717) is 12.1 Å². The van der Waals surface area contributed by atoms with Crippen molar-refractivity contribution in [3.05, 3.63) is 80.6 Å². The first-order chi connectivity index (χ1) is 15.3. The highest BCUT2D eigenvalue weighted by Gasteiger charge is 2.23. The summed E-state index contributed by atoms with van der Waals surface area (Å²) < 4.78 is 30.6. The quantitative estimate of drug-likeness (QED) is 0.616. The topological polar surface area (TPSA) is 81.1 Å². The standard InChI is InChI=1S/C25H29N3O3S/c1-4-28-25(29)22-12-8-7-11-21(22)24(27-28)19-14-13-18(3)23(15-19)32(30,31)26-16-20-10-6-5-9-17(20)2/h5-6,9-10,13-15,26H,4,7-8,11-12,16H2,1-3H3. The van der Waals surface area contributed by atoms with Crippen LogP contribution >= 0.6 is 0 Å². The van der Waals surface area contributed by atoms with Crippen molar-refractivity contribution in [2.24, 2.45) is 0 Å². The van der Waals surface area contributed by atoms with Crippen LogP contribution in [0.4, 0.5) is 0 Å². The van der Waals surface area contributed by atoms with Gasteiger partial charge in [0.25, 0.3) is 5.56 Å². The van der Waals surface area contributed by atoms with Crippen LogP contribution in [0.2, 0.25) is 0 Å². The molecule has 168 valence electrons. The summed E-state index contributed by atoms with van der Waals surface area (Å²) in [5.41, 5.74) is 5.86. The van der Waals surface area contributed by atoms with Gasteiger partial charge < -0.3 is 0 Å². The molecule has 0 bridgehead atoms. The number of sulfonamides is 1. The molecule has 0 spiro atoms. The van der Waals surface area contributed by atoms with E-state index in [-0.39, 0.29) is 17.0 Å². The first kappa shape index (κ1) is 22.4. The van der Waals surface area contributed by atoms with E-state index < -0.39 is 10.0 Å². The van der Waals surface area contributed by atoms with Gasteiger partial charge in [0.05, 0.1) is 10.6 Å². The van der Waals surface area contributed by atoms with Crippen LogP contribution < -0.4 is 10.3 Å². The molecule has 0 fully saturated rings. The van der Waals surface area contributed by atoms with Crippen LogP contribution in [-0.4, -0.2) is 18.2 Å². The summed E-state index contributed by atoms with van der Waals surface area (Å²) in [6, 6.07) is 13.1. The molecule has 32 heavy (non-hydrogen) atoms. The van der Waals surface area contributed by atoms with E-state index in [9.17, 15) is 13.2 Å². The third-order valence-electron chi connectivity index (χ3n) is 6.23. The summed E-state index contributed by atoms with van der Waals surface area (Å²) >= 11 is 0. The van der Waals surface area contributed by atoms with E-state index in [4.69, 9.17) is 0 Å². The van der Waals surface area contributed by atoms with Crippen LogP contribution in [-0.2, 0) is 36.0 Å². The molecule has 2 aromatic carbocycles. The molecule has 0 atom stereocenters. The van der Waals surface area contributed by atoms with Crippen LogP contribution in [0.15, 0.2) is 52.2 Å². The average Bonchev–Trinajstić information content (AvgIpc) is 2.79. The van der Waals surface area contributed by atoms with E-state index in [1.165, 1.54) is 4.68 Å². The van der Waals surface area contributed by atoms with Crippen molar-refractivity contribution in [1.82, 2.24) is 14.5 Å². The molecule has 0 saturated carbocycles. The summed E-state index contributed by atoms with van der Waals surface area (Å²) in [7, 11) is -3.73. The molecule has 1 N–H and O–H groups in total. The number of nitrogens with one attached hydrogen (secondary N) is 1. The Morgan fingerprint density at radius 3 is 2.44 bits per heavy atom. The number of fused-ring (bicyclic) bond motifs is 1. The molecule has 0 radical (unpaired) electrons. The molecule has 1 heterocycles.